The maximum atomic E-state index is 13.3. The van der Waals surface area contributed by atoms with Gasteiger partial charge in [0.25, 0.3) is 0 Å². The molecular weight excluding hydrogens is 450 g/mol. The molecule has 2 aromatic carbocycles. The predicted octanol–water partition coefficient (Wildman–Crippen LogP) is 4.91. The highest BCUT2D eigenvalue weighted by atomic mass is 32.2. The highest BCUT2D eigenvalue weighted by Gasteiger charge is 2.39. The second kappa shape index (κ2) is 9.19. The molecule has 2 N–H and O–H groups in total. The first-order valence-electron chi connectivity index (χ1n) is 11.9. The van der Waals surface area contributed by atoms with Crippen molar-refractivity contribution in [3.8, 4) is 0 Å². The summed E-state index contributed by atoms with van der Waals surface area (Å²) in [6.45, 7) is 0. The van der Waals surface area contributed by atoms with E-state index in [1.54, 1.807) is 37.4 Å². The fraction of sp³-hybridized carbons (Fsp3) is 0.444. The van der Waals surface area contributed by atoms with Crippen molar-refractivity contribution in [2.45, 2.75) is 55.6 Å². The van der Waals surface area contributed by atoms with E-state index in [-0.39, 0.29) is 40.0 Å². The minimum Gasteiger partial charge on any atom is -0.459 e. The van der Waals surface area contributed by atoms with E-state index in [0.29, 0.717) is 34.0 Å². The second-order valence-electron chi connectivity index (χ2n) is 9.53. The van der Waals surface area contributed by atoms with Crippen molar-refractivity contribution in [2.75, 3.05) is 19.1 Å². The van der Waals surface area contributed by atoms with Crippen LogP contribution in [0.2, 0.25) is 0 Å². The number of ketones is 2. The largest absolute Gasteiger partial charge is 0.459 e. The number of esters is 1. The van der Waals surface area contributed by atoms with Gasteiger partial charge in [0, 0.05) is 28.7 Å². The van der Waals surface area contributed by atoms with Crippen LogP contribution in [0.15, 0.2) is 35.2 Å². The van der Waals surface area contributed by atoms with E-state index < -0.39 is 5.97 Å². The van der Waals surface area contributed by atoms with Crippen LogP contribution in [0.5, 0.6) is 0 Å². The van der Waals surface area contributed by atoms with Crippen LogP contribution in [0.4, 0.5) is 5.69 Å². The van der Waals surface area contributed by atoms with Gasteiger partial charge in [-0.2, -0.15) is 0 Å². The summed E-state index contributed by atoms with van der Waals surface area (Å²) in [5.74, 6) is 0.0588. The van der Waals surface area contributed by atoms with Gasteiger partial charge in [0.1, 0.15) is 6.10 Å². The molecule has 2 aromatic rings. The molecule has 5 rings (SSSR count). The number of ether oxygens (including phenoxy) is 2. The van der Waals surface area contributed by atoms with Gasteiger partial charge in [0.2, 0.25) is 0 Å². The second-order valence-corrected chi connectivity index (χ2v) is 10.4. The van der Waals surface area contributed by atoms with Gasteiger partial charge in [-0.1, -0.05) is 24.3 Å². The molecule has 3 aliphatic carbocycles. The molecule has 7 heteroatoms. The summed E-state index contributed by atoms with van der Waals surface area (Å²) < 4.78 is 11.5. The van der Waals surface area contributed by atoms with Crippen molar-refractivity contribution >= 4 is 35.0 Å². The summed E-state index contributed by atoms with van der Waals surface area (Å²) in [6, 6.07) is 8.33. The summed E-state index contributed by atoms with van der Waals surface area (Å²) in [5.41, 5.74) is 7.65. The number of anilines is 1. The Morgan fingerprint density at radius 3 is 2.15 bits per heavy atom. The molecule has 0 aliphatic heterocycles. The zero-order chi connectivity index (χ0) is 24.0. The van der Waals surface area contributed by atoms with E-state index in [1.807, 2.05) is 6.26 Å². The zero-order valence-corrected chi connectivity index (χ0v) is 20.3. The van der Waals surface area contributed by atoms with Gasteiger partial charge in [-0.3, -0.25) is 9.59 Å². The molecule has 4 unspecified atom stereocenters. The van der Waals surface area contributed by atoms with Gasteiger partial charge >= 0.3 is 5.97 Å². The van der Waals surface area contributed by atoms with E-state index in [2.05, 4.69) is 0 Å². The average molecular weight is 480 g/mol. The minimum atomic E-state index is -0.524. The monoisotopic (exact) mass is 479 g/mol. The van der Waals surface area contributed by atoms with E-state index in [9.17, 15) is 14.4 Å². The molecule has 0 saturated heterocycles. The van der Waals surface area contributed by atoms with Crippen LogP contribution in [0.1, 0.15) is 80.7 Å². The third-order valence-corrected chi connectivity index (χ3v) is 8.53. The number of rotatable bonds is 4. The van der Waals surface area contributed by atoms with Gasteiger partial charge in [0.05, 0.1) is 22.9 Å². The first kappa shape index (κ1) is 23.1. The number of methoxy groups -OCH3 is 1. The molecule has 0 amide bonds. The third-order valence-electron chi connectivity index (χ3n) is 7.77. The molecule has 0 bridgehead atoms. The van der Waals surface area contributed by atoms with Crippen LogP contribution < -0.4 is 5.73 Å². The summed E-state index contributed by atoms with van der Waals surface area (Å²) in [4.78, 5) is 40.3. The Bertz CT molecular complexity index is 1180. The Labute approximate surface area is 203 Å². The molecule has 0 spiro atoms. The van der Waals surface area contributed by atoms with Crippen molar-refractivity contribution in [1.82, 2.24) is 0 Å². The zero-order valence-electron chi connectivity index (χ0n) is 19.5. The number of carbonyl (C=O) groups excluding carboxylic acids is 3. The lowest BCUT2D eigenvalue weighted by molar-refractivity contribution is -0.0274. The number of hydrogen-bond acceptors (Lipinski definition) is 7. The Kier molecular flexibility index (Phi) is 6.25. The van der Waals surface area contributed by atoms with Crippen LogP contribution in [0.3, 0.4) is 0 Å². The predicted molar refractivity (Wildman–Crippen MR) is 131 cm³/mol. The summed E-state index contributed by atoms with van der Waals surface area (Å²) in [6.07, 6.45) is 7.87. The minimum absolute atomic E-state index is 0.0277. The van der Waals surface area contributed by atoms with Crippen molar-refractivity contribution in [2.24, 2.45) is 11.8 Å². The molecule has 0 heterocycles. The molecule has 3 aliphatic rings. The number of nitrogen functional groups attached to an aromatic ring is 1. The highest BCUT2D eigenvalue weighted by molar-refractivity contribution is 7.98. The van der Waals surface area contributed by atoms with Crippen LogP contribution >= 0.6 is 11.8 Å². The maximum absolute atomic E-state index is 13.3. The van der Waals surface area contributed by atoms with Gasteiger partial charge < -0.3 is 15.2 Å². The number of carbonyl (C=O) groups is 3. The molecule has 2 fully saturated rings. The number of hydrogen-bond donors (Lipinski definition) is 1. The summed E-state index contributed by atoms with van der Waals surface area (Å²) >= 11 is 1.32. The van der Waals surface area contributed by atoms with E-state index in [1.165, 1.54) is 11.8 Å². The lowest BCUT2D eigenvalue weighted by Gasteiger charge is -2.41. The number of thioether (sulfide) groups is 1. The maximum Gasteiger partial charge on any atom is 0.340 e. The number of fused-ring (bicyclic) bond motifs is 3. The Morgan fingerprint density at radius 1 is 0.941 bits per heavy atom. The molecule has 34 heavy (non-hydrogen) atoms. The van der Waals surface area contributed by atoms with Crippen LogP contribution in [-0.4, -0.2) is 43.1 Å². The number of benzene rings is 2. The standard InChI is InChI=1S/C27H29NO5S/c1-32-16-9-7-15-12-17(10-8-14(15)11-16)33-27(31)20-13-21(34-2)22-23(24(20)28)26(30)19-6-4-3-5-18(19)25(22)29/h3-6,13-17H,7-12,28H2,1-2H3. The molecule has 0 aromatic heterocycles. The van der Waals surface area contributed by atoms with Crippen molar-refractivity contribution in [3.05, 3.63) is 58.1 Å². The van der Waals surface area contributed by atoms with Crippen molar-refractivity contribution in [3.63, 3.8) is 0 Å². The average Bonchev–Trinajstić information content (AvgIpc) is 2.86. The molecule has 4 atom stereocenters. The smallest absolute Gasteiger partial charge is 0.340 e. The van der Waals surface area contributed by atoms with Gasteiger partial charge in [-0.25, -0.2) is 4.79 Å². The molecule has 2 saturated carbocycles. The molecule has 6 nitrogen and oxygen atoms in total. The molecule has 178 valence electrons. The van der Waals surface area contributed by atoms with Crippen LogP contribution in [-0.2, 0) is 9.47 Å². The SMILES string of the molecule is COC1CCC2CC(OC(=O)c3cc(SC)c4c(c3N)C(=O)c3ccccc3C4=O)CCC2C1. The van der Waals surface area contributed by atoms with Crippen molar-refractivity contribution in [1.29, 1.82) is 0 Å². The third kappa shape index (κ3) is 3.85. The normalized spacial score (nSPS) is 25.8. The molecular formula is C27H29NO5S. The Hall–Kier alpha value is -2.64. The Balaban J connectivity index is 1.41. The van der Waals surface area contributed by atoms with Crippen LogP contribution in [0.25, 0.3) is 0 Å². The summed E-state index contributed by atoms with van der Waals surface area (Å²) in [7, 11) is 1.78. The van der Waals surface area contributed by atoms with E-state index in [4.69, 9.17) is 15.2 Å². The topological polar surface area (TPSA) is 95.7 Å². The summed E-state index contributed by atoms with van der Waals surface area (Å²) in [5, 5.41) is 0. The highest BCUT2D eigenvalue weighted by Crippen LogP contribution is 2.43. The fourth-order valence-corrected chi connectivity index (χ4v) is 6.59. The number of nitrogens with two attached hydrogens (primary N) is 1. The van der Waals surface area contributed by atoms with Gasteiger partial charge in [0.15, 0.2) is 11.6 Å². The lowest BCUT2D eigenvalue weighted by atomic mass is 9.69. The van der Waals surface area contributed by atoms with Crippen molar-refractivity contribution < 1.29 is 23.9 Å². The Morgan fingerprint density at radius 2 is 1.53 bits per heavy atom. The van der Waals surface area contributed by atoms with Gasteiger partial charge in [-0.15, -0.1) is 11.8 Å². The van der Waals surface area contributed by atoms with Gasteiger partial charge in [-0.05, 0) is 62.7 Å². The van der Waals surface area contributed by atoms with E-state index >= 15 is 0 Å². The first-order chi connectivity index (χ1) is 16.4. The molecule has 0 radical (unpaired) electrons. The van der Waals surface area contributed by atoms with Crippen LogP contribution in [0, 0.1) is 11.8 Å². The quantitative estimate of drug-likeness (QED) is 0.323. The first-order valence-corrected chi connectivity index (χ1v) is 13.1. The van der Waals surface area contributed by atoms with E-state index in [0.717, 1.165) is 38.5 Å². The fourth-order valence-electron chi connectivity index (χ4n) is 5.95. The lowest BCUT2D eigenvalue weighted by Crippen LogP contribution is -2.37.